The maximum absolute atomic E-state index is 13.2. The van der Waals surface area contributed by atoms with Crippen LogP contribution in [0.1, 0.15) is 50.1 Å². The van der Waals surface area contributed by atoms with E-state index in [0.29, 0.717) is 17.0 Å². The molecule has 1 unspecified atom stereocenters. The quantitative estimate of drug-likeness (QED) is 0.909. The van der Waals surface area contributed by atoms with Crippen LogP contribution in [0.2, 0.25) is 5.02 Å². The lowest BCUT2D eigenvalue weighted by molar-refractivity contribution is 0.0780. The Hall–Kier alpha value is -0.640. The maximum atomic E-state index is 13.2. The molecule has 1 spiro atoms. The summed E-state index contributed by atoms with van der Waals surface area (Å²) in [5.41, 5.74) is 7.55. The first kappa shape index (κ1) is 15.3. The molecule has 1 aliphatic heterocycles. The van der Waals surface area contributed by atoms with Crippen molar-refractivity contribution in [2.75, 3.05) is 19.6 Å². The molecule has 1 aromatic carbocycles. The van der Waals surface area contributed by atoms with Gasteiger partial charge in [0.25, 0.3) is 0 Å². The molecular weight excluding hydrogens is 287 g/mol. The van der Waals surface area contributed by atoms with Crippen LogP contribution in [0.4, 0.5) is 4.39 Å². The van der Waals surface area contributed by atoms with Gasteiger partial charge in [-0.3, -0.25) is 4.90 Å². The van der Waals surface area contributed by atoms with Crippen LogP contribution < -0.4 is 5.73 Å². The van der Waals surface area contributed by atoms with Gasteiger partial charge in [-0.05, 0) is 61.9 Å². The molecule has 0 bridgehead atoms. The van der Waals surface area contributed by atoms with Gasteiger partial charge in [-0.15, -0.1) is 0 Å². The summed E-state index contributed by atoms with van der Waals surface area (Å²) >= 11 is 6.22. The fourth-order valence-electron chi connectivity index (χ4n) is 4.18. The largest absolute Gasteiger partial charge is 0.329 e. The Balaban J connectivity index is 1.72. The van der Waals surface area contributed by atoms with Crippen molar-refractivity contribution in [1.29, 1.82) is 0 Å². The van der Waals surface area contributed by atoms with Crippen LogP contribution in [-0.4, -0.2) is 24.5 Å². The van der Waals surface area contributed by atoms with E-state index in [9.17, 15) is 4.39 Å². The van der Waals surface area contributed by atoms with Crippen LogP contribution in [-0.2, 0) is 0 Å². The highest BCUT2D eigenvalue weighted by molar-refractivity contribution is 6.31. The zero-order valence-corrected chi connectivity index (χ0v) is 13.2. The van der Waals surface area contributed by atoms with Crippen molar-refractivity contribution in [2.45, 2.75) is 44.6 Å². The molecular formula is C17H24ClFN2. The summed E-state index contributed by atoms with van der Waals surface area (Å²) in [6.45, 7) is 2.68. The number of hydrogen-bond acceptors (Lipinski definition) is 2. The molecule has 3 rings (SSSR count). The average Bonchev–Trinajstić information content (AvgIpc) is 2.92. The number of nitrogens with two attached hydrogens (primary N) is 1. The molecule has 0 radical (unpaired) electrons. The summed E-state index contributed by atoms with van der Waals surface area (Å²) in [4.78, 5) is 2.43. The summed E-state index contributed by atoms with van der Waals surface area (Å²) in [7, 11) is 0. The molecule has 2 fully saturated rings. The SMILES string of the molecule is NCC(c1ccc(F)cc1Cl)N1CCC2(CCCC2)CC1. The number of benzene rings is 1. The second kappa shape index (κ2) is 6.23. The Bertz CT molecular complexity index is 490. The Labute approximate surface area is 131 Å². The fraction of sp³-hybridized carbons (Fsp3) is 0.647. The van der Waals surface area contributed by atoms with Crippen molar-refractivity contribution in [3.63, 3.8) is 0 Å². The molecule has 1 atom stereocenters. The van der Waals surface area contributed by atoms with E-state index in [1.165, 1.54) is 50.7 Å². The van der Waals surface area contributed by atoms with Crippen molar-refractivity contribution in [2.24, 2.45) is 11.1 Å². The summed E-state index contributed by atoms with van der Waals surface area (Å²) in [6, 6.07) is 4.76. The van der Waals surface area contributed by atoms with Crippen LogP contribution in [0.25, 0.3) is 0 Å². The molecule has 2 nitrogen and oxygen atoms in total. The second-order valence-electron chi connectivity index (χ2n) is 6.66. The Morgan fingerprint density at radius 3 is 2.43 bits per heavy atom. The van der Waals surface area contributed by atoms with Gasteiger partial charge in [-0.25, -0.2) is 4.39 Å². The van der Waals surface area contributed by atoms with Crippen molar-refractivity contribution in [3.8, 4) is 0 Å². The Morgan fingerprint density at radius 2 is 1.86 bits per heavy atom. The first-order valence-corrected chi connectivity index (χ1v) is 8.40. The minimum atomic E-state index is -0.289. The van der Waals surface area contributed by atoms with Crippen LogP contribution >= 0.6 is 11.6 Å². The lowest BCUT2D eigenvalue weighted by Gasteiger charge is -2.42. The number of hydrogen-bond donors (Lipinski definition) is 1. The van der Waals surface area contributed by atoms with Crippen molar-refractivity contribution < 1.29 is 4.39 Å². The highest BCUT2D eigenvalue weighted by atomic mass is 35.5. The van der Waals surface area contributed by atoms with Crippen LogP contribution in [0.5, 0.6) is 0 Å². The van der Waals surface area contributed by atoms with E-state index in [-0.39, 0.29) is 11.9 Å². The third-order valence-electron chi connectivity index (χ3n) is 5.51. The lowest BCUT2D eigenvalue weighted by atomic mass is 9.76. The summed E-state index contributed by atoms with van der Waals surface area (Å²) in [5, 5.41) is 0.492. The van der Waals surface area contributed by atoms with E-state index >= 15 is 0 Å². The van der Waals surface area contributed by atoms with Crippen molar-refractivity contribution >= 4 is 11.6 Å². The predicted octanol–water partition coefficient (Wildman–Crippen LogP) is 4.14. The smallest absolute Gasteiger partial charge is 0.124 e. The second-order valence-corrected chi connectivity index (χ2v) is 7.07. The van der Waals surface area contributed by atoms with Gasteiger partial charge in [-0.2, -0.15) is 0 Å². The van der Waals surface area contributed by atoms with Crippen molar-refractivity contribution in [3.05, 3.63) is 34.6 Å². The van der Waals surface area contributed by atoms with Gasteiger partial charge < -0.3 is 5.73 Å². The number of nitrogens with zero attached hydrogens (tertiary/aromatic N) is 1. The fourth-order valence-corrected chi connectivity index (χ4v) is 4.47. The van der Waals surface area contributed by atoms with Gasteiger partial charge >= 0.3 is 0 Å². The number of halogens is 2. The zero-order chi connectivity index (χ0) is 14.9. The molecule has 4 heteroatoms. The minimum Gasteiger partial charge on any atom is -0.329 e. The van der Waals surface area contributed by atoms with Crippen LogP contribution in [0.15, 0.2) is 18.2 Å². The van der Waals surface area contributed by atoms with Crippen LogP contribution in [0, 0.1) is 11.2 Å². The molecule has 1 saturated heterocycles. The standard InChI is InChI=1S/C17H24ClFN2/c18-15-11-13(19)3-4-14(15)16(12-20)21-9-7-17(8-10-21)5-1-2-6-17/h3-4,11,16H,1-2,5-10,12,20H2. The predicted molar refractivity (Wildman–Crippen MR) is 84.9 cm³/mol. The van der Waals surface area contributed by atoms with E-state index in [2.05, 4.69) is 4.90 Å². The number of likely N-dealkylation sites (tertiary alicyclic amines) is 1. The van der Waals surface area contributed by atoms with E-state index in [1.54, 1.807) is 6.07 Å². The first-order valence-electron chi connectivity index (χ1n) is 8.03. The molecule has 21 heavy (non-hydrogen) atoms. The molecule has 116 valence electrons. The first-order chi connectivity index (χ1) is 10.1. The third kappa shape index (κ3) is 3.10. The molecule has 1 aromatic rings. The monoisotopic (exact) mass is 310 g/mol. The molecule has 1 saturated carbocycles. The van der Waals surface area contributed by atoms with Gasteiger partial charge in [0.05, 0.1) is 0 Å². The molecule has 0 aromatic heterocycles. The molecule has 2 N–H and O–H groups in total. The normalized spacial score (nSPS) is 23.6. The van der Waals surface area contributed by atoms with E-state index < -0.39 is 0 Å². The molecule has 2 aliphatic rings. The van der Waals surface area contributed by atoms with E-state index in [0.717, 1.165) is 18.7 Å². The minimum absolute atomic E-state index is 0.108. The number of rotatable bonds is 3. The highest BCUT2D eigenvalue weighted by Crippen LogP contribution is 2.47. The van der Waals surface area contributed by atoms with E-state index in [1.807, 2.05) is 0 Å². The third-order valence-corrected chi connectivity index (χ3v) is 5.84. The summed E-state index contributed by atoms with van der Waals surface area (Å²) in [6.07, 6.45) is 8.11. The average molecular weight is 311 g/mol. The molecule has 1 heterocycles. The van der Waals surface area contributed by atoms with Gasteiger partial charge in [0.1, 0.15) is 5.82 Å². The zero-order valence-electron chi connectivity index (χ0n) is 12.5. The molecule has 1 aliphatic carbocycles. The van der Waals surface area contributed by atoms with Gasteiger partial charge in [0, 0.05) is 17.6 Å². The number of piperidine rings is 1. The lowest BCUT2D eigenvalue weighted by Crippen LogP contribution is -2.43. The Morgan fingerprint density at radius 1 is 1.19 bits per heavy atom. The topological polar surface area (TPSA) is 29.3 Å². The van der Waals surface area contributed by atoms with Crippen molar-refractivity contribution in [1.82, 2.24) is 4.90 Å². The maximum Gasteiger partial charge on any atom is 0.124 e. The van der Waals surface area contributed by atoms with E-state index in [4.69, 9.17) is 17.3 Å². The van der Waals surface area contributed by atoms with Gasteiger partial charge in [0.15, 0.2) is 0 Å². The van der Waals surface area contributed by atoms with Crippen LogP contribution in [0.3, 0.4) is 0 Å². The summed E-state index contributed by atoms with van der Waals surface area (Å²) in [5.74, 6) is -0.289. The Kier molecular flexibility index (Phi) is 4.53. The molecule has 0 amide bonds. The highest BCUT2D eigenvalue weighted by Gasteiger charge is 2.38. The van der Waals surface area contributed by atoms with Gasteiger partial charge in [0.2, 0.25) is 0 Å². The van der Waals surface area contributed by atoms with Gasteiger partial charge in [-0.1, -0.05) is 30.5 Å². The summed E-state index contributed by atoms with van der Waals surface area (Å²) < 4.78 is 13.2.